The Kier molecular flexibility index (Phi) is 5.40. The molecule has 116 valence electrons. The molecule has 0 atom stereocenters. The second kappa shape index (κ2) is 7.92. The van der Waals surface area contributed by atoms with Crippen molar-refractivity contribution in [2.24, 2.45) is 0 Å². The van der Waals surface area contributed by atoms with Crippen molar-refractivity contribution >= 4 is 0 Å². The molecule has 3 rings (SSSR count). The Balaban J connectivity index is 1.35. The summed E-state index contributed by atoms with van der Waals surface area (Å²) in [4.78, 5) is 9.05. The molecule has 2 heterocycles. The standard InChI is InChI=1S/C18H23N3O/c1-2-4-18(5-3-1)22-15-14-20-10-12-21(13-11-20)16-17-6-8-19-9-7-17/h1-9H,10-16H2. The molecule has 1 saturated heterocycles. The van der Waals surface area contributed by atoms with E-state index in [9.17, 15) is 0 Å². The summed E-state index contributed by atoms with van der Waals surface area (Å²) in [5, 5.41) is 0. The third kappa shape index (κ3) is 4.55. The fourth-order valence-corrected chi connectivity index (χ4v) is 2.73. The number of ether oxygens (including phenoxy) is 1. The molecule has 0 saturated carbocycles. The maximum atomic E-state index is 5.77. The molecular weight excluding hydrogens is 274 g/mol. The third-order valence-corrected chi connectivity index (χ3v) is 4.04. The third-order valence-electron chi connectivity index (χ3n) is 4.04. The van der Waals surface area contributed by atoms with Gasteiger partial charge in [0.1, 0.15) is 12.4 Å². The quantitative estimate of drug-likeness (QED) is 0.818. The van der Waals surface area contributed by atoms with Crippen LogP contribution in [0.3, 0.4) is 0 Å². The average Bonchev–Trinajstić information content (AvgIpc) is 2.58. The summed E-state index contributed by atoms with van der Waals surface area (Å²) in [6.45, 7) is 7.25. The first-order chi connectivity index (χ1) is 10.9. The molecule has 0 N–H and O–H groups in total. The lowest BCUT2D eigenvalue weighted by Crippen LogP contribution is -2.47. The number of rotatable bonds is 6. The number of para-hydroxylation sites is 1. The molecule has 1 aliphatic heterocycles. The molecule has 0 spiro atoms. The van der Waals surface area contributed by atoms with Crippen LogP contribution in [0.15, 0.2) is 54.9 Å². The zero-order chi connectivity index (χ0) is 15.0. The summed E-state index contributed by atoms with van der Waals surface area (Å²) in [7, 11) is 0. The van der Waals surface area contributed by atoms with Gasteiger partial charge in [0.25, 0.3) is 0 Å². The summed E-state index contributed by atoms with van der Waals surface area (Å²) in [6.07, 6.45) is 3.74. The predicted octanol–water partition coefficient (Wildman–Crippen LogP) is 2.28. The smallest absolute Gasteiger partial charge is 0.119 e. The highest BCUT2D eigenvalue weighted by molar-refractivity contribution is 5.20. The molecule has 1 fully saturated rings. The molecular formula is C18H23N3O. The van der Waals surface area contributed by atoms with Gasteiger partial charge in [0.15, 0.2) is 0 Å². The summed E-state index contributed by atoms with van der Waals surface area (Å²) in [5.41, 5.74) is 1.34. The van der Waals surface area contributed by atoms with Crippen LogP contribution in [0.2, 0.25) is 0 Å². The number of aromatic nitrogens is 1. The van der Waals surface area contributed by atoms with Crippen molar-refractivity contribution in [1.82, 2.24) is 14.8 Å². The van der Waals surface area contributed by atoms with Crippen molar-refractivity contribution < 1.29 is 4.74 Å². The van der Waals surface area contributed by atoms with Gasteiger partial charge >= 0.3 is 0 Å². The van der Waals surface area contributed by atoms with E-state index in [-0.39, 0.29) is 0 Å². The van der Waals surface area contributed by atoms with Crippen molar-refractivity contribution in [3.8, 4) is 5.75 Å². The highest BCUT2D eigenvalue weighted by Crippen LogP contribution is 2.10. The van der Waals surface area contributed by atoms with Crippen LogP contribution in [0.25, 0.3) is 0 Å². The number of nitrogens with zero attached hydrogens (tertiary/aromatic N) is 3. The van der Waals surface area contributed by atoms with Gasteiger partial charge in [0.05, 0.1) is 0 Å². The topological polar surface area (TPSA) is 28.6 Å². The van der Waals surface area contributed by atoms with E-state index < -0.39 is 0 Å². The Bertz CT molecular complexity index is 539. The first kappa shape index (κ1) is 15.0. The lowest BCUT2D eigenvalue weighted by Gasteiger charge is -2.34. The minimum absolute atomic E-state index is 0.758. The van der Waals surface area contributed by atoms with Crippen molar-refractivity contribution in [1.29, 1.82) is 0 Å². The van der Waals surface area contributed by atoms with Crippen LogP contribution in [0, 0.1) is 0 Å². The number of hydrogen-bond donors (Lipinski definition) is 0. The van der Waals surface area contributed by atoms with Crippen molar-refractivity contribution in [3.05, 3.63) is 60.4 Å². The lowest BCUT2D eigenvalue weighted by molar-refractivity contribution is 0.112. The largest absolute Gasteiger partial charge is 0.492 e. The van der Waals surface area contributed by atoms with Gasteiger partial charge < -0.3 is 4.74 Å². The fraction of sp³-hybridized carbons (Fsp3) is 0.389. The van der Waals surface area contributed by atoms with Crippen LogP contribution in [-0.2, 0) is 6.54 Å². The number of benzene rings is 1. The molecule has 4 heteroatoms. The molecule has 1 aromatic heterocycles. The molecule has 2 aromatic rings. The Morgan fingerprint density at radius 3 is 2.27 bits per heavy atom. The molecule has 22 heavy (non-hydrogen) atoms. The van der Waals surface area contributed by atoms with Gasteiger partial charge in [-0.15, -0.1) is 0 Å². The van der Waals surface area contributed by atoms with Gasteiger partial charge in [-0.1, -0.05) is 18.2 Å². The average molecular weight is 297 g/mol. The highest BCUT2D eigenvalue weighted by Gasteiger charge is 2.16. The van der Waals surface area contributed by atoms with Crippen LogP contribution < -0.4 is 4.74 Å². The van der Waals surface area contributed by atoms with Crippen molar-refractivity contribution in [3.63, 3.8) is 0 Å². The van der Waals surface area contributed by atoms with Crippen LogP contribution >= 0.6 is 0 Å². The van der Waals surface area contributed by atoms with E-state index in [2.05, 4.69) is 26.9 Å². The first-order valence-electron chi connectivity index (χ1n) is 7.91. The van der Waals surface area contributed by atoms with E-state index in [1.54, 1.807) is 0 Å². The second-order valence-electron chi connectivity index (χ2n) is 5.63. The normalized spacial score (nSPS) is 16.5. The van der Waals surface area contributed by atoms with Gasteiger partial charge in [-0.25, -0.2) is 0 Å². The van der Waals surface area contributed by atoms with Crippen molar-refractivity contribution in [2.45, 2.75) is 6.54 Å². The van der Waals surface area contributed by atoms with E-state index in [1.807, 2.05) is 42.7 Å². The highest BCUT2D eigenvalue weighted by atomic mass is 16.5. The Morgan fingerprint density at radius 2 is 1.55 bits per heavy atom. The molecule has 0 unspecified atom stereocenters. The van der Waals surface area contributed by atoms with Crippen LogP contribution in [-0.4, -0.2) is 54.1 Å². The van der Waals surface area contributed by atoms with E-state index in [0.29, 0.717) is 0 Å². The molecule has 1 aromatic carbocycles. The van der Waals surface area contributed by atoms with Gasteiger partial charge in [-0.2, -0.15) is 0 Å². The predicted molar refractivity (Wildman–Crippen MR) is 87.9 cm³/mol. The van der Waals surface area contributed by atoms with Gasteiger partial charge in [0.2, 0.25) is 0 Å². The number of piperazine rings is 1. The molecule has 0 aliphatic carbocycles. The zero-order valence-electron chi connectivity index (χ0n) is 12.9. The summed E-state index contributed by atoms with van der Waals surface area (Å²) in [6, 6.07) is 14.2. The number of hydrogen-bond acceptors (Lipinski definition) is 4. The minimum atomic E-state index is 0.758. The number of pyridine rings is 1. The van der Waals surface area contributed by atoms with E-state index in [4.69, 9.17) is 4.74 Å². The van der Waals surface area contributed by atoms with E-state index >= 15 is 0 Å². The first-order valence-corrected chi connectivity index (χ1v) is 7.91. The van der Waals surface area contributed by atoms with E-state index in [1.165, 1.54) is 5.56 Å². The van der Waals surface area contributed by atoms with Crippen LogP contribution in [0.1, 0.15) is 5.56 Å². The SMILES string of the molecule is c1ccc(OCCN2CCN(Cc3ccncc3)CC2)cc1. The van der Waals surface area contributed by atoms with Gasteiger partial charge in [0, 0.05) is 51.7 Å². The Labute approximate surface area is 132 Å². The van der Waals surface area contributed by atoms with Gasteiger partial charge in [-0.05, 0) is 29.8 Å². The minimum Gasteiger partial charge on any atom is -0.492 e. The molecule has 0 bridgehead atoms. The summed E-state index contributed by atoms with van der Waals surface area (Å²) < 4.78 is 5.77. The Hall–Kier alpha value is -1.91. The zero-order valence-corrected chi connectivity index (χ0v) is 12.9. The lowest BCUT2D eigenvalue weighted by atomic mass is 10.2. The summed E-state index contributed by atoms with van der Waals surface area (Å²) in [5.74, 6) is 0.957. The van der Waals surface area contributed by atoms with Crippen molar-refractivity contribution in [2.75, 3.05) is 39.3 Å². The summed E-state index contributed by atoms with van der Waals surface area (Å²) >= 11 is 0. The van der Waals surface area contributed by atoms with Crippen LogP contribution in [0.4, 0.5) is 0 Å². The molecule has 1 aliphatic rings. The maximum Gasteiger partial charge on any atom is 0.119 e. The molecule has 0 amide bonds. The Morgan fingerprint density at radius 1 is 0.864 bits per heavy atom. The van der Waals surface area contributed by atoms with Gasteiger partial charge in [-0.3, -0.25) is 14.8 Å². The maximum absolute atomic E-state index is 5.77. The van der Waals surface area contributed by atoms with E-state index in [0.717, 1.165) is 51.6 Å². The molecule has 0 radical (unpaired) electrons. The monoisotopic (exact) mass is 297 g/mol. The second-order valence-corrected chi connectivity index (χ2v) is 5.63. The molecule has 4 nitrogen and oxygen atoms in total. The van der Waals surface area contributed by atoms with Crippen LogP contribution in [0.5, 0.6) is 5.75 Å². The fourth-order valence-electron chi connectivity index (χ4n) is 2.73.